The maximum atomic E-state index is 11.2. The molecule has 0 bridgehead atoms. The van der Waals surface area contributed by atoms with Crippen molar-refractivity contribution < 1.29 is 4.21 Å². The van der Waals surface area contributed by atoms with E-state index in [0.717, 1.165) is 31.7 Å². The maximum Gasteiger partial charge on any atom is 0.0486 e. The van der Waals surface area contributed by atoms with E-state index in [0.29, 0.717) is 6.04 Å². The van der Waals surface area contributed by atoms with Gasteiger partial charge in [0.05, 0.1) is 0 Å². The van der Waals surface area contributed by atoms with E-state index in [-0.39, 0.29) is 0 Å². The molecular formula is C9H20N2OS. The largest absolute Gasteiger partial charge is 0.328 e. The Morgan fingerprint density at radius 2 is 2.15 bits per heavy atom. The van der Waals surface area contributed by atoms with E-state index in [1.807, 2.05) is 0 Å². The molecule has 0 aromatic heterocycles. The van der Waals surface area contributed by atoms with Crippen molar-refractivity contribution in [1.29, 1.82) is 0 Å². The Bertz CT molecular complexity index is 261. The first-order valence-corrected chi connectivity index (χ1v) is 7.19. The van der Waals surface area contributed by atoms with Gasteiger partial charge >= 0.3 is 0 Å². The summed E-state index contributed by atoms with van der Waals surface area (Å²) in [6, 6.07) is 0.401. The Morgan fingerprint density at radius 3 is 2.62 bits per heavy atom. The first-order valence-electron chi connectivity index (χ1n) is 4.86. The standard InChI is InChI=1S/C9H20N2OS/c1-13(2,12)11-6-5-8-3-4-9(10)7-8/h8-9H,3-7,10H2,1-2H3. The van der Waals surface area contributed by atoms with E-state index >= 15 is 0 Å². The third-order valence-electron chi connectivity index (χ3n) is 2.52. The molecular weight excluding hydrogens is 184 g/mol. The van der Waals surface area contributed by atoms with Crippen LogP contribution in [0.1, 0.15) is 25.7 Å². The van der Waals surface area contributed by atoms with E-state index < -0.39 is 9.73 Å². The fourth-order valence-electron chi connectivity index (χ4n) is 1.83. The Balaban J connectivity index is 2.25. The third-order valence-corrected chi connectivity index (χ3v) is 3.33. The van der Waals surface area contributed by atoms with Crippen molar-refractivity contribution in [3.8, 4) is 0 Å². The minimum atomic E-state index is -1.89. The zero-order valence-electron chi connectivity index (χ0n) is 8.53. The molecule has 4 heteroatoms. The van der Waals surface area contributed by atoms with Crippen molar-refractivity contribution in [2.75, 3.05) is 19.1 Å². The average molecular weight is 204 g/mol. The zero-order chi connectivity index (χ0) is 9.90. The Hall–Kier alpha value is -0.0900. The summed E-state index contributed by atoms with van der Waals surface area (Å²) in [5, 5.41) is 0. The first kappa shape index (κ1) is 11.0. The maximum absolute atomic E-state index is 11.2. The van der Waals surface area contributed by atoms with Crippen LogP contribution >= 0.6 is 0 Å². The smallest absolute Gasteiger partial charge is 0.0486 e. The molecule has 0 radical (unpaired) electrons. The molecule has 0 aromatic carbocycles. The molecule has 2 atom stereocenters. The molecule has 0 amide bonds. The Morgan fingerprint density at radius 1 is 1.46 bits per heavy atom. The van der Waals surface area contributed by atoms with Crippen LogP contribution in [0.25, 0.3) is 0 Å². The molecule has 0 spiro atoms. The minimum Gasteiger partial charge on any atom is -0.328 e. The van der Waals surface area contributed by atoms with Crippen molar-refractivity contribution in [1.82, 2.24) is 0 Å². The molecule has 1 fully saturated rings. The predicted molar refractivity (Wildman–Crippen MR) is 57.2 cm³/mol. The summed E-state index contributed by atoms with van der Waals surface area (Å²) in [4.78, 5) is 0. The van der Waals surface area contributed by atoms with E-state index in [1.165, 1.54) is 6.42 Å². The minimum absolute atomic E-state index is 0.401. The van der Waals surface area contributed by atoms with Gasteiger partial charge in [0, 0.05) is 34.8 Å². The topological polar surface area (TPSA) is 55.5 Å². The van der Waals surface area contributed by atoms with E-state index in [4.69, 9.17) is 5.73 Å². The molecule has 3 nitrogen and oxygen atoms in total. The van der Waals surface area contributed by atoms with Crippen LogP contribution in [0.3, 0.4) is 0 Å². The highest BCUT2D eigenvalue weighted by Crippen LogP contribution is 2.26. The summed E-state index contributed by atoms with van der Waals surface area (Å²) in [6.07, 6.45) is 7.95. The molecule has 0 saturated heterocycles. The van der Waals surface area contributed by atoms with Crippen molar-refractivity contribution in [2.24, 2.45) is 16.0 Å². The summed E-state index contributed by atoms with van der Waals surface area (Å²) in [7, 11) is -1.89. The van der Waals surface area contributed by atoms with Crippen molar-refractivity contribution in [3.05, 3.63) is 0 Å². The van der Waals surface area contributed by atoms with Crippen LogP contribution in [0.5, 0.6) is 0 Å². The number of hydrogen-bond acceptors (Lipinski definition) is 3. The van der Waals surface area contributed by atoms with Gasteiger partial charge in [-0.05, 0) is 31.6 Å². The molecule has 0 aliphatic heterocycles. The van der Waals surface area contributed by atoms with Gasteiger partial charge in [-0.3, -0.25) is 4.21 Å². The van der Waals surface area contributed by atoms with Gasteiger partial charge in [-0.1, -0.05) is 0 Å². The Kier molecular flexibility index (Phi) is 3.74. The molecule has 1 aliphatic rings. The van der Waals surface area contributed by atoms with Crippen LogP contribution in [0.4, 0.5) is 0 Å². The van der Waals surface area contributed by atoms with Crippen molar-refractivity contribution >= 4 is 9.73 Å². The number of hydrogen-bond donors (Lipinski definition) is 1. The number of nitrogens with two attached hydrogens (primary N) is 1. The highest BCUT2D eigenvalue weighted by molar-refractivity contribution is 7.92. The molecule has 0 heterocycles. The molecule has 0 aromatic rings. The molecule has 2 N–H and O–H groups in total. The number of nitrogens with zero attached hydrogens (tertiary/aromatic N) is 1. The summed E-state index contributed by atoms with van der Waals surface area (Å²) in [6.45, 7) is 0.739. The van der Waals surface area contributed by atoms with Gasteiger partial charge in [-0.2, -0.15) is 0 Å². The summed E-state index contributed by atoms with van der Waals surface area (Å²) < 4.78 is 15.4. The third kappa shape index (κ3) is 4.62. The molecule has 1 rings (SSSR count). The second-order valence-corrected chi connectivity index (χ2v) is 6.88. The lowest BCUT2D eigenvalue weighted by Crippen LogP contribution is -2.14. The fraction of sp³-hybridized carbons (Fsp3) is 1.00. The number of rotatable bonds is 3. The highest BCUT2D eigenvalue weighted by atomic mass is 32.2. The highest BCUT2D eigenvalue weighted by Gasteiger charge is 2.20. The van der Waals surface area contributed by atoms with Gasteiger partial charge in [0.1, 0.15) is 0 Å². The lowest BCUT2D eigenvalue weighted by molar-refractivity contribution is 0.503. The molecule has 78 valence electrons. The van der Waals surface area contributed by atoms with Crippen molar-refractivity contribution in [2.45, 2.75) is 31.7 Å². The second kappa shape index (κ2) is 4.42. The molecule has 1 aliphatic carbocycles. The average Bonchev–Trinajstić information content (AvgIpc) is 2.33. The summed E-state index contributed by atoms with van der Waals surface area (Å²) >= 11 is 0. The normalized spacial score (nSPS) is 29.2. The van der Waals surface area contributed by atoms with Crippen LogP contribution in [0.2, 0.25) is 0 Å². The quantitative estimate of drug-likeness (QED) is 0.752. The summed E-state index contributed by atoms with van der Waals surface area (Å²) in [5.74, 6) is 0.723. The van der Waals surface area contributed by atoms with Gasteiger partial charge in [-0.15, -0.1) is 0 Å². The van der Waals surface area contributed by atoms with Crippen LogP contribution < -0.4 is 5.73 Å². The lowest BCUT2D eigenvalue weighted by Gasteiger charge is -2.06. The van der Waals surface area contributed by atoms with Crippen LogP contribution in [0.15, 0.2) is 4.36 Å². The van der Waals surface area contributed by atoms with Gasteiger partial charge in [0.25, 0.3) is 0 Å². The van der Waals surface area contributed by atoms with Crippen molar-refractivity contribution in [3.63, 3.8) is 0 Å². The summed E-state index contributed by atoms with van der Waals surface area (Å²) in [5.41, 5.74) is 5.80. The van der Waals surface area contributed by atoms with Crippen LogP contribution in [-0.4, -0.2) is 29.3 Å². The lowest BCUT2D eigenvalue weighted by atomic mass is 10.0. The fourth-order valence-corrected chi connectivity index (χ4v) is 2.38. The SMILES string of the molecule is CS(C)(=O)=NCCC1CCC(N)C1. The van der Waals surface area contributed by atoms with Gasteiger partial charge in [-0.25, -0.2) is 4.36 Å². The van der Waals surface area contributed by atoms with E-state index in [9.17, 15) is 4.21 Å². The molecule has 13 heavy (non-hydrogen) atoms. The van der Waals surface area contributed by atoms with Crippen LogP contribution in [-0.2, 0) is 9.73 Å². The monoisotopic (exact) mass is 204 g/mol. The second-order valence-electron chi connectivity index (χ2n) is 4.26. The Labute approximate surface area is 81.3 Å². The molecule has 2 unspecified atom stereocenters. The van der Waals surface area contributed by atoms with Gasteiger partial charge in [0.15, 0.2) is 0 Å². The predicted octanol–water partition coefficient (Wildman–Crippen LogP) is 1.23. The van der Waals surface area contributed by atoms with E-state index in [1.54, 1.807) is 12.5 Å². The van der Waals surface area contributed by atoms with E-state index in [2.05, 4.69) is 4.36 Å². The van der Waals surface area contributed by atoms with Crippen LogP contribution in [0, 0.1) is 5.92 Å². The molecule has 1 saturated carbocycles. The zero-order valence-corrected chi connectivity index (χ0v) is 9.35. The van der Waals surface area contributed by atoms with Gasteiger partial charge in [0.2, 0.25) is 0 Å². The van der Waals surface area contributed by atoms with Gasteiger partial charge < -0.3 is 5.73 Å². The first-order chi connectivity index (χ1) is 5.97.